The quantitative estimate of drug-likeness (QED) is 0.193. The first-order valence-electron chi connectivity index (χ1n) is 12.4. The van der Waals surface area contributed by atoms with Gasteiger partial charge in [-0.3, -0.25) is 0 Å². The maximum absolute atomic E-state index is 16.1. The summed E-state index contributed by atoms with van der Waals surface area (Å²) in [6, 6.07) is 18.5. The van der Waals surface area contributed by atoms with E-state index in [0.29, 0.717) is 19.5 Å². The van der Waals surface area contributed by atoms with E-state index in [1.54, 1.807) is 26.0 Å². The fourth-order valence-electron chi connectivity index (χ4n) is 5.96. The highest BCUT2D eigenvalue weighted by Gasteiger charge is 2.54. The molecular weight excluding hydrogens is 524 g/mol. The summed E-state index contributed by atoms with van der Waals surface area (Å²) >= 11 is 2.52. The molecule has 0 spiro atoms. The van der Waals surface area contributed by atoms with E-state index in [-0.39, 0.29) is 44.5 Å². The van der Waals surface area contributed by atoms with Crippen LogP contribution in [0.5, 0.6) is 0 Å². The first-order chi connectivity index (χ1) is 18.0. The van der Waals surface area contributed by atoms with E-state index in [4.69, 9.17) is 0 Å². The van der Waals surface area contributed by atoms with E-state index in [1.807, 2.05) is 62.4 Å². The fraction of sp³-hybridized carbons (Fsp3) is 0.188. The van der Waals surface area contributed by atoms with Crippen molar-refractivity contribution in [2.75, 3.05) is 0 Å². The van der Waals surface area contributed by atoms with Crippen molar-refractivity contribution in [2.45, 2.75) is 39.5 Å². The summed E-state index contributed by atoms with van der Waals surface area (Å²) in [7, 11) is 0. The topological polar surface area (TPSA) is 0 Å². The van der Waals surface area contributed by atoms with E-state index in [1.165, 1.54) is 22.7 Å². The molecule has 0 unspecified atom stereocenters. The first kappa shape index (κ1) is 23.9. The second-order valence-corrected chi connectivity index (χ2v) is 12.4. The number of rotatable bonds is 2. The van der Waals surface area contributed by atoms with E-state index < -0.39 is 11.8 Å². The largest absolute Gasteiger partial charge is 0.300 e. The Labute approximate surface area is 226 Å². The predicted molar refractivity (Wildman–Crippen MR) is 149 cm³/mol. The lowest BCUT2D eigenvalue weighted by Gasteiger charge is -2.22. The molecule has 190 valence electrons. The molecule has 0 saturated carbocycles. The number of thiophene rings is 2. The fourth-order valence-corrected chi connectivity index (χ4v) is 8.57. The minimum atomic E-state index is -3.26. The second-order valence-electron chi connectivity index (χ2n) is 10.3. The van der Waals surface area contributed by atoms with Gasteiger partial charge in [-0.25, -0.2) is 0 Å². The average Bonchev–Trinajstić information content (AvgIpc) is 3.59. The van der Waals surface area contributed by atoms with Gasteiger partial charge in [0.05, 0.1) is 0 Å². The number of halogens is 4. The number of hydrogen-bond donors (Lipinski definition) is 0. The third kappa shape index (κ3) is 3.02. The lowest BCUT2D eigenvalue weighted by atomic mass is 9.88. The van der Waals surface area contributed by atoms with E-state index in [0.717, 1.165) is 22.3 Å². The lowest BCUT2D eigenvalue weighted by Crippen LogP contribution is -2.16. The van der Waals surface area contributed by atoms with Gasteiger partial charge in [-0.1, -0.05) is 59.7 Å². The standard InChI is InChI=1S/C32H22F4S2/c1-15-5-9-19(10-6-15)23-13-21-29(37-23)25-17(3)28-26(18(4)27(25)31(21,33)34)30-22(32(28,35)36)14-24(38-30)20-11-7-16(2)8-12-20/h5-14H,1-4H3. The van der Waals surface area contributed by atoms with Crippen molar-refractivity contribution in [3.8, 4) is 41.8 Å². The summed E-state index contributed by atoms with van der Waals surface area (Å²) in [6.07, 6.45) is 0. The molecule has 0 atom stereocenters. The Kier molecular flexibility index (Phi) is 4.82. The Morgan fingerprint density at radius 2 is 0.868 bits per heavy atom. The molecule has 2 aromatic heterocycles. The zero-order valence-corrected chi connectivity index (χ0v) is 22.7. The molecule has 2 aliphatic carbocycles. The summed E-state index contributed by atoms with van der Waals surface area (Å²) in [4.78, 5) is 2.23. The van der Waals surface area contributed by atoms with Crippen LogP contribution >= 0.6 is 22.7 Å². The minimum absolute atomic E-state index is 0.0852. The molecule has 6 heteroatoms. The molecule has 2 aliphatic rings. The van der Waals surface area contributed by atoms with Crippen LogP contribution in [0.1, 0.15) is 44.5 Å². The van der Waals surface area contributed by atoms with Crippen molar-refractivity contribution in [3.05, 3.63) is 105 Å². The molecule has 38 heavy (non-hydrogen) atoms. The molecule has 0 amide bonds. The minimum Gasteiger partial charge on any atom is -0.196 e. The summed E-state index contributed by atoms with van der Waals surface area (Å²) < 4.78 is 64.5. The van der Waals surface area contributed by atoms with Crippen LogP contribution in [0.25, 0.3) is 41.8 Å². The monoisotopic (exact) mass is 546 g/mol. The zero-order chi connectivity index (χ0) is 26.7. The van der Waals surface area contributed by atoms with Gasteiger partial charge in [-0.15, -0.1) is 22.7 Å². The van der Waals surface area contributed by atoms with Gasteiger partial charge in [0.2, 0.25) is 0 Å². The lowest BCUT2D eigenvalue weighted by molar-refractivity contribution is 0.0444. The van der Waals surface area contributed by atoms with Crippen LogP contribution in [0.2, 0.25) is 0 Å². The van der Waals surface area contributed by atoms with Crippen molar-refractivity contribution >= 4 is 22.7 Å². The van der Waals surface area contributed by atoms with Gasteiger partial charge in [0.15, 0.2) is 0 Å². The Morgan fingerprint density at radius 3 is 1.21 bits per heavy atom. The van der Waals surface area contributed by atoms with E-state index >= 15 is 17.6 Å². The van der Waals surface area contributed by atoms with E-state index in [9.17, 15) is 0 Å². The van der Waals surface area contributed by atoms with Crippen molar-refractivity contribution in [1.82, 2.24) is 0 Å². The SMILES string of the molecule is Cc1ccc(-c2cc3c(s2)-c2c(C)c4c(c(C)c2C3(F)F)-c2sc(-c3ccc(C)cc3)cc2C4(F)F)cc1. The van der Waals surface area contributed by atoms with Gasteiger partial charge in [-0.2, -0.15) is 17.6 Å². The Bertz CT molecular complexity index is 1650. The molecule has 7 rings (SSSR count). The van der Waals surface area contributed by atoms with Crippen LogP contribution in [0.3, 0.4) is 0 Å². The Hall–Kier alpha value is -3.22. The van der Waals surface area contributed by atoms with Crippen molar-refractivity contribution < 1.29 is 17.6 Å². The molecule has 0 nitrogen and oxygen atoms in total. The van der Waals surface area contributed by atoms with Gasteiger partial charge in [0.25, 0.3) is 0 Å². The maximum atomic E-state index is 16.1. The van der Waals surface area contributed by atoms with Crippen LogP contribution in [-0.4, -0.2) is 0 Å². The number of benzene rings is 3. The highest BCUT2D eigenvalue weighted by Crippen LogP contribution is 2.65. The number of alkyl halides is 4. The van der Waals surface area contributed by atoms with Crippen molar-refractivity contribution in [1.29, 1.82) is 0 Å². The third-order valence-electron chi connectivity index (χ3n) is 7.89. The normalized spacial score (nSPS) is 15.8. The van der Waals surface area contributed by atoms with Gasteiger partial charge >= 0.3 is 11.8 Å². The molecule has 0 radical (unpaired) electrons. The zero-order valence-electron chi connectivity index (χ0n) is 21.1. The molecular formula is C32H22F4S2. The van der Waals surface area contributed by atoms with Crippen LogP contribution < -0.4 is 0 Å². The van der Waals surface area contributed by atoms with Gasteiger partial charge in [-0.05, 0) is 62.1 Å². The maximum Gasteiger partial charge on any atom is 0.300 e. The molecule has 0 fully saturated rings. The summed E-state index contributed by atoms with van der Waals surface area (Å²) in [5.41, 5.74) is 4.49. The van der Waals surface area contributed by atoms with Gasteiger partial charge in [0.1, 0.15) is 0 Å². The van der Waals surface area contributed by atoms with E-state index in [2.05, 4.69) is 0 Å². The Morgan fingerprint density at radius 1 is 0.526 bits per heavy atom. The number of aryl methyl sites for hydroxylation is 2. The second kappa shape index (κ2) is 7.67. The summed E-state index contributed by atoms with van der Waals surface area (Å²) in [5.74, 6) is -6.52. The first-order valence-corrected chi connectivity index (χ1v) is 14.0. The molecule has 0 aliphatic heterocycles. The van der Waals surface area contributed by atoms with Crippen LogP contribution in [0.15, 0.2) is 60.7 Å². The third-order valence-corrected chi connectivity index (χ3v) is 10.3. The van der Waals surface area contributed by atoms with Crippen LogP contribution in [0.4, 0.5) is 17.6 Å². The smallest absolute Gasteiger partial charge is 0.196 e. The molecule has 0 bridgehead atoms. The number of fused-ring (bicyclic) bond motifs is 6. The number of hydrogen-bond acceptors (Lipinski definition) is 2. The summed E-state index contributed by atoms with van der Waals surface area (Å²) in [5, 5.41) is 0. The van der Waals surface area contributed by atoms with Gasteiger partial charge < -0.3 is 0 Å². The van der Waals surface area contributed by atoms with Crippen LogP contribution in [-0.2, 0) is 11.8 Å². The molecule has 2 heterocycles. The molecule has 0 N–H and O–H groups in total. The van der Waals surface area contributed by atoms with Crippen molar-refractivity contribution in [2.24, 2.45) is 0 Å². The predicted octanol–water partition coefficient (Wildman–Crippen LogP) is 10.6. The molecule has 5 aromatic rings. The highest BCUT2D eigenvalue weighted by atomic mass is 32.1. The highest BCUT2D eigenvalue weighted by molar-refractivity contribution is 7.19. The molecule has 3 aromatic carbocycles. The summed E-state index contributed by atoms with van der Waals surface area (Å²) in [6.45, 7) is 7.11. The Balaban J connectivity index is 1.45. The van der Waals surface area contributed by atoms with Crippen LogP contribution in [0, 0.1) is 27.7 Å². The average molecular weight is 547 g/mol. The van der Waals surface area contributed by atoms with Crippen molar-refractivity contribution in [3.63, 3.8) is 0 Å². The van der Waals surface area contributed by atoms with Gasteiger partial charge in [0, 0.05) is 52.9 Å². The molecule has 0 saturated heterocycles.